The highest BCUT2D eigenvalue weighted by molar-refractivity contribution is 7.77. The maximum atomic E-state index is 16.1. The number of ether oxygens (including phenoxy) is 2. The zero-order valence-corrected chi connectivity index (χ0v) is 25.7. The van der Waals surface area contributed by atoms with Gasteiger partial charge in [0.15, 0.2) is 5.82 Å². The van der Waals surface area contributed by atoms with Gasteiger partial charge in [-0.2, -0.15) is 0 Å². The number of hydrogen-bond donors (Lipinski definition) is 3. The lowest BCUT2D eigenvalue weighted by atomic mass is 9.97. The number of halogens is 2. The monoisotopic (exact) mass is 638 g/mol. The van der Waals surface area contributed by atoms with E-state index in [9.17, 15) is 4.21 Å². The van der Waals surface area contributed by atoms with Crippen molar-refractivity contribution in [3.8, 4) is 28.3 Å². The highest BCUT2D eigenvalue weighted by atomic mass is 32.2. The summed E-state index contributed by atoms with van der Waals surface area (Å²) in [4.78, 5) is 16.4. The fourth-order valence-electron chi connectivity index (χ4n) is 5.99. The zero-order valence-electron chi connectivity index (χ0n) is 24.9. The van der Waals surface area contributed by atoms with Crippen molar-refractivity contribution in [2.24, 2.45) is 0 Å². The van der Waals surface area contributed by atoms with E-state index in [1.807, 2.05) is 12.1 Å². The Bertz CT molecular complexity index is 1690. The van der Waals surface area contributed by atoms with Gasteiger partial charge in [-0.25, -0.2) is 32.7 Å². The molecule has 3 heterocycles. The summed E-state index contributed by atoms with van der Waals surface area (Å²) in [7, 11) is 0. The average Bonchev–Trinajstić information content (AvgIpc) is 3.54. The third-order valence-electron chi connectivity index (χ3n) is 8.33. The molecule has 45 heavy (non-hydrogen) atoms. The molecule has 2 aliphatic rings. The van der Waals surface area contributed by atoms with E-state index in [1.54, 1.807) is 30.5 Å². The van der Waals surface area contributed by atoms with E-state index in [0.717, 1.165) is 25.7 Å². The first kappa shape index (κ1) is 31.2. The predicted octanol–water partition coefficient (Wildman–Crippen LogP) is 5.75. The second-order valence-corrected chi connectivity index (χ2v) is 12.3. The van der Waals surface area contributed by atoms with Crippen LogP contribution < -0.4 is 20.1 Å². The minimum absolute atomic E-state index is 0.00585. The van der Waals surface area contributed by atoms with E-state index >= 15 is 8.78 Å². The SMILES string of the molecule is CC1COCCN1c1nc(-c2ccc(N)nc2)nc2c(OC3CCCC3)cc(-c3cccc(C(F)CCNS(=O)O)c3F)cc12. The number of rotatable bonds is 10. The fraction of sp³-hybridized carbons (Fsp3) is 0.406. The Hall–Kier alpha value is -3.78. The first-order chi connectivity index (χ1) is 21.8. The molecule has 2 aromatic heterocycles. The van der Waals surface area contributed by atoms with Crippen LogP contribution in [-0.4, -0.2) is 62.2 Å². The van der Waals surface area contributed by atoms with Crippen molar-refractivity contribution in [3.05, 3.63) is 60.0 Å². The highest BCUT2D eigenvalue weighted by Crippen LogP contribution is 2.41. The van der Waals surface area contributed by atoms with Crippen molar-refractivity contribution >= 4 is 33.8 Å². The predicted molar refractivity (Wildman–Crippen MR) is 170 cm³/mol. The third kappa shape index (κ3) is 6.91. The Morgan fingerprint density at radius 1 is 1.20 bits per heavy atom. The number of alkyl halides is 1. The molecule has 4 N–H and O–H groups in total. The Morgan fingerprint density at radius 3 is 2.76 bits per heavy atom. The van der Waals surface area contributed by atoms with Crippen LogP contribution in [-0.2, 0) is 16.0 Å². The Morgan fingerprint density at radius 2 is 2.02 bits per heavy atom. The zero-order chi connectivity index (χ0) is 31.5. The van der Waals surface area contributed by atoms with Crippen LogP contribution in [0, 0.1) is 5.82 Å². The molecule has 1 aliphatic carbocycles. The lowest BCUT2D eigenvalue weighted by Gasteiger charge is -2.35. The summed E-state index contributed by atoms with van der Waals surface area (Å²) in [5, 5.41) is 0.678. The van der Waals surface area contributed by atoms with E-state index in [-0.39, 0.29) is 36.2 Å². The topological polar surface area (TPSA) is 136 Å². The van der Waals surface area contributed by atoms with Gasteiger partial charge in [-0.1, -0.05) is 18.2 Å². The van der Waals surface area contributed by atoms with Crippen LogP contribution in [0.5, 0.6) is 5.75 Å². The van der Waals surface area contributed by atoms with E-state index in [2.05, 4.69) is 21.5 Å². The van der Waals surface area contributed by atoms with Crippen molar-refractivity contribution in [2.45, 2.75) is 57.3 Å². The number of pyridine rings is 1. The van der Waals surface area contributed by atoms with Crippen LogP contribution in [0.4, 0.5) is 20.4 Å². The molecule has 2 fully saturated rings. The molecule has 1 aliphatic heterocycles. The van der Waals surface area contributed by atoms with Crippen molar-refractivity contribution in [3.63, 3.8) is 0 Å². The van der Waals surface area contributed by atoms with Gasteiger partial charge in [0.1, 0.15) is 34.9 Å². The van der Waals surface area contributed by atoms with E-state index in [1.165, 1.54) is 6.07 Å². The number of nitrogens with zero attached hydrogens (tertiary/aromatic N) is 4. The summed E-state index contributed by atoms with van der Waals surface area (Å²) in [5.41, 5.74) is 7.72. The molecule has 6 rings (SSSR count). The number of morpholine rings is 1. The molecule has 10 nitrogen and oxygen atoms in total. The Kier molecular flexibility index (Phi) is 9.50. The molecule has 1 saturated heterocycles. The minimum Gasteiger partial charge on any atom is -0.488 e. The lowest BCUT2D eigenvalue weighted by molar-refractivity contribution is 0.0987. The molecule has 2 aromatic carbocycles. The number of anilines is 2. The summed E-state index contributed by atoms with van der Waals surface area (Å²) in [6, 6.07) is 11.8. The molecule has 238 valence electrons. The molecule has 0 bridgehead atoms. The normalized spacial score (nSPS) is 18.8. The van der Waals surface area contributed by atoms with Gasteiger partial charge in [0.25, 0.3) is 0 Å². The van der Waals surface area contributed by atoms with Crippen LogP contribution in [0.3, 0.4) is 0 Å². The van der Waals surface area contributed by atoms with Crippen molar-refractivity contribution < 1.29 is 27.0 Å². The summed E-state index contributed by atoms with van der Waals surface area (Å²) in [6.45, 7) is 3.60. The largest absolute Gasteiger partial charge is 0.488 e. The van der Waals surface area contributed by atoms with Gasteiger partial charge in [0.2, 0.25) is 11.3 Å². The van der Waals surface area contributed by atoms with Gasteiger partial charge in [-0.05, 0) is 68.9 Å². The number of fused-ring (bicyclic) bond motifs is 1. The Balaban J connectivity index is 1.52. The first-order valence-corrected chi connectivity index (χ1v) is 16.2. The maximum Gasteiger partial charge on any atom is 0.231 e. The molecule has 0 radical (unpaired) electrons. The van der Waals surface area contributed by atoms with Gasteiger partial charge in [0.05, 0.1) is 25.4 Å². The molecule has 13 heteroatoms. The second kappa shape index (κ2) is 13.7. The number of aromatic nitrogens is 3. The van der Waals surface area contributed by atoms with E-state index < -0.39 is 23.3 Å². The van der Waals surface area contributed by atoms with Gasteiger partial charge in [-0.3, -0.25) is 4.55 Å². The Labute approximate surface area is 262 Å². The quantitative estimate of drug-likeness (QED) is 0.186. The summed E-state index contributed by atoms with van der Waals surface area (Å²) >= 11 is -2.28. The van der Waals surface area contributed by atoms with Crippen LogP contribution >= 0.6 is 0 Å². The molecular formula is C32H36F2N6O4S. The molecule has 3 unspecified atom stereocenters. The van der Waals surface area contributed by atoms with Crippen molar-refractivity contribution in [1.29, 1.82) is 0 Å². The summed E-state index contributed by atoms with van der Waals surface area (Å²) in [5.74, 6) is 1.30. The van der Waals surface area contributed by atoms with E-state index in [4.69, 9.17) is 29.7 Å². The summed E-state index contributed by atoms with van der Waals surface area (Å²) in [6.07, 6.45) is 3.69. The lowest BCUT2D eigenvalue weighted by Crippen LogP contribution is -2.44. The number of nitrogens with two attached hydrogens (primary N) is 1. The first-order valence-electron chi connectivity index (χ1n) is 15.1. The van der Waals surface area contributed by atoms with Gasteiger partial charge < -0.3 is 20.1 Å². The van der Waals surface area contributed by atoms with Crippen molar-refractivity contribution in [2.75, 3.05) is 36.9 Å². The highest BCUT2D eigenvalue weighted by Gasteiger charge is 2.27. The molecule has 1 saturated carbocycles. The molecular weight excluding hydrogens is 602 g/mol. The van der Waals surface area contributed by atoms with Crippen LogP contribution in [0.2, 0.25) is 0 Å². The number of benzene rings is 2. The molecule has 3 atom stereocenters. The number of nitrogen functional groups attached to an aromatic ring is 1. The van der Waals surface area contributed by atoms with Gasteiger partial charge in [0, 0.05) is 41.4 Å². The van der Waals surface area contributed by atoms with Crippen LogP contribution in [0.25, 0.3) is 33.4 Å². The smallest absolute Gasteiger partial charge is 0.231 e. The standard InChI is InChI=1S/C32H36F2N6O4S/c1-19-18-43-14-13-40(19)32-25-15-21(23-7-4-8-24(29(23)34)26(33)11-12-37-45(41)42)16-27(44-22-5-2-3-6-22)30(25)38-31(39-32)20-9-10-28(35)36-17-20/h4,7-10,15-17,19,22,26,37H,2-3,5-6,11-14,18H2,1H3,(H2,35,36)(H,41,42). The third-order valence-corrected chi connectivity index (χ3v) is 8.78. The van der Waals surface area contributed by atoms with Gasteiger partial charge in [-0.15, -0.1) is 0 Å². The molecule has 0 spiro atoms. The fourth-order valence-corrected chi connectivity index (χ4v) is 6.28. The second-order valence-electron chi connectivity index (χ2n) is 11.5. The minimum atomic E-state index is -2.28. The van der Waals surface area contributed by atoms with Crippen LogP contribution in [0.15, 0.2) is 48.7 Å². The maximum absolute atomic E-state index is 16.1. The average molecular weight is 639 g/mol. The van der Waals surface area contributed by atoms with Gasteiger partial charge >= 0.3 is 0 Å². The van der Waals surface area contributed by atoms with Crippen molar-refractivity contribution in [1.82, 2.24) is 19.7 Å². The number of hydrogen-bond acceptors (Lipinski definition) is 8. The van der Waals surface area contributed by atoms with Crippen LogP contribution in [0.1, 0.15) is 50.8 Å². The molecule has 4 aromatic rings. The number of nitrogens with one attached hydrogen (secondary N) is 1. The summed E-state index contributed by atoms with van der Waals surface area (Å²) < 4.78 is 65.7. The molecule has 0 amide bonds. The van der Waals surface area contributed by atoms with E-state index in [0.29, 0.717) is 65.0 Å².